The van der Waals surface area contributed by atoms with Gasteiger partial charge in [0.05, 0.1) is 20.1 Å². The van der Waals surface area contributed by atoms with Crippen molar-refractivity contribution in [3.63, 3.8) is 0 Å². The summed E-state index contributed by atoms with van der Waals surface area (Å²) in [5.74, 6) is 3.58. The molecule has 30 heavy (non-hydrogen) atoms. The van der Waals surface area contributed by atoms with E-state index in [1.165, 1.54) is 0 Å². The maximum atomic E-state index is 12.3. The molecule has 0 atom stereocenters. The van der Waals surface area contributed by atoms with Crippen molar-refractivity contribution in [2.75, 3.05) is 50.2 Å². The van der Waals surface area contributed by atoms with E-state index in [0.29, 0.717) is 31.0 Å². The SMILES string of the molecule is COc1cccc(OCCNC(=O)Nc2ccc(CC(=O)N3CCSCC3)cc2)c1. The second-order valence-electron chi connectivity index (χ2n) is 6.78. The average molecular weight is 430 g/mol. The van der Waals surface area contributed by atoms with Crippen LogP contribution in [0.5, 0.6) is 11.5 Å². The van der Waals surface area contributed by atoms with Crippen LogP contribution >= 0.6 is 11.8 Å². The van der Waals surface area contributed by atoms with Gasteiger partial charge in [-0.1, -0.05) is 18.2 Å². The molecule has 7 nitrogen and oxygen atoms in total. The molecule has 1 heterocycles. The van der Waals surface area contributed by atoms with Gasteiger partial charge in [0.2, 0.25) is 5.91 Å². The first-order valence-corrected chi connectivity index (χ1v) is 11.1. The number of hydrogen-bond acceptors (Lipinski definition) is 5. The van der Waals surface area contributed by atoms with Gasteiger partial charge in [-0.05, 0) is 29.8 Å². The third-order valence-electron chi connectivity index (χ3n) is 4.63. The molecule has 0 saturated carbocycles. The maximum absolute atomic E-state index is 12.3. The lowest BCUT2D eigenvalue weighted by molar-refractivity contribution is -0.130. The van der Waals surface area contributed by atoms with Crippen molar-refractivity contribution in [1.82, 2.24) is 10.2 Å². The molecule has 1 saturated heterocycles. The number of urea groups is 1. The summed E-state index contributed by atoms with van der Waals surface area (Å²) in [5, 5.41) is 5.53. The Labute approximate surface area is 181 Å². The zero-order valence-electron chi connectivity index (χ0n) is 17.1. The fourth-order valence-corrected chi connectivity index (χ4v) is 3.91. The smallest absolute Gasteiger partial charge is 0.319 e. The average Bonchev–Trinajstić information content (AvgIpc) is 2.79. The fourth-order valence-electron chi connectivity index (χ4n) is 3.00. The van der Waals surface area contributed by atoms with E-state index in [1.54, 1.807) is 25.3 Å². The van der Waals surface area contributed by atoms with E-state index in [4.69, 9.17) is 9.47 Å². The van der Waals surface area contributed by atoms with E-state index < -0.39 is 0 Å². The number of rotatable bonds is 8. The van der Waals surface area contributed by atoms with Crippen molar-refractivity contribution >= 4 is 29.4 Å². The van der Waals surface area contributed by atoms with Gasteiger partial charge in [-0.25, -0.2) is 4.79 Å². The Kier molecular flexibility index (Phi) is 8.26. The second kappa shape index (κ2) is 11.3. The Hall–Kier alpha value is -2.87. The molecular formula is C22H27N3O4S. The van der Waals surface area contributed by atoms with E-state index in [1.807, 2.05) is 47.0 Å². The zero-order valence-corrected chi connectivity index (χ0v) is 17.9. The van der Waals surface area contributed by atoms with Crippen LogP contribution in [0, 0.1) is 0 Å². The summed E-state index contributed by atoms with van der Waals surface area (Å²) in [4.78, 5) is 26.3. The Morgan fingerprint density at radius 1 is 1.07 bits per heavy atom. The third-order valence-corrected chi connectivity index (χ3v) is 5.57. The normalized spacial score (nSPS) is 13.4. The van der Waals surface area contributed by atoms with Crippen molar-refractivity contribution in [3.8, 4) is 11.5 Å². The minimum Gasteiger partial charge on any atom is -0.497 e. The van der Waals surface area contributed by atoms with Gasteiger partial charge < -0.3 is 25.0 Å². The van der Waals surface area contributed by atoms with Crippen LogP contribution in [0.3, 0.4) is 0 Å². The molecule has 1 aliphatic rings. The number of carbonyl (C=O) groups is 2. The molecular weight excluding hydrogens is 402 g/mol. The number of anilines is 1. The first-order chi connectivity index (χ1) is 14.6. The van der Waals surface area contributed by atoms with E-state index >= 15 is 0 Å². The van der Waals surface area contributed by atoms with Crippen LogP contribution in [0.4, 0.5) is 10.5 Å². The van der Waals surface area contributed by atoms with Crippen LogP contribution < -0.4 is 20.1 Å². The lowest BCUT2D eigenvalue weighted by Gasteiger charge is -2.26. The first kappa shape index (κ1) is 21.8. The molecule has 1 aliphatic heterocycles. The van der Waals surface area contributed by atoms with Crippen molar-refractivity contribution in [3.05, 3.63) is 54.1 Å². The van der Waals surface area contributed by atoms with Crippen LogP contribution in [0.15, 0.2) is 48.5 Å². The number of benzene rings is 2. The molecule has 0 spiro atoms. The largest absolute Gasteiger partial charge is 0.497 e. The van der Waals surface area contributed by atoms with Gasteiger partial charge in [0.15, 0.2) is 0 Å². The highest BCUT2D eigenvalue weighted by atomic mass is 32.2. The molecule has 1 fully saturated rings. The van der Waals surface area contributed by atoms with Gasteiger partial charge in [0.25, 0.3) is 0 Å². The molecule has 3 amide bonds. The highest BCUT2D eigenvalue weighted by Gasteiger charge is 2.16. The van der Waals surface area contributed by atoms with Gasteiger partial charge in [0.1, 0.15) is 18.1 Å². The van der Waals surface area contributed by atoms with E-state index in [0.717, 1.165) is 35.9 Å². The number of methoxy groups -OCH3 is 1. The summed E-state index contributed by atoms with van der Waals surface area (Å²) in [6.45, 7) is 2.36. The Morgan fingerprint density at radius 2 is 1.80 bits per heavy atom. The Morgan fingerprint density at radius 3 is 2.53 bits per heavy atom. The van der Waals surface area contributed by atoms with Gasteiger partial charge in [-0.2, -0.15) is 11.8 Å². The molecule has 160 valence electrons. The van der Waals surface area contributed by atoms with Crippen LogP contribution in [-0.4, -0.2) is 61.7 Å². The number of amides is 3. The van der Waals surface area contributed by atoms with E-state index in [9.17, 15) is 9.59 Å². The van der Waals surface area contributed by atoms with Crippen molar-refractivity contribution in [1.29, 1.82) is 0 Å². The number of ether oxygens (including phenoxy) is 2. The molecule has 2 N–H and O–H groups in total. The predicted octanol–water partition coefficient (Wildman–Crippen LogP) is 3.01. The molecule has 0 aromatic heterocycles. The van der Waals surface area contributed by atoms with Gasteiger partial charge in [0, 0.05) is 36.3 Å². The number of thioether (sulfide) groups is 1. The summed E-state index contributed by atoms with van der Waals surface area (Å²) >= 11 is 1.88. The topological polar surface area (TPSA) is 79.9 Å². The van der Waals surface area contributed by atoms with Crippen LogP contribution in [-0.2, 0) is 11.2 Å². The lowest BCUT2D eigenvalue weighted by Crippen LogP contribution is -2.38. The van der Waals surface area contributed by atoms with Crippen LogP contribution in [0.2, 0.25) is 0 Å². The summed E-state index contributed by atoms with van der Waals surface area (Å²) < 4.78 is 10.7. The number of nitrogens with one attached hydrogen (secondary N) is 2. The summed E-state index contributed by atoms with van der Waals surface area (Å²) in [5.41, 5.74) is 1.61. The van der Waals surface area contributed by atoms with Crippen molar-refractivity contribution in [2.45, 2.75) is 6.42 Å². The minimum absolute atomic E-state index is 0.157. The van der Waals surface area contributed by atoms with Gasteiger partial charge >= 0.3 is 6.03 Å². The number of carbonyl (C=O) groups excluding carboxylic acids is 2. The maximum Gasteiger partial charge on any atom is 0.319 e. The molecule has 0 unspecified atom stereocenters. The molecule has 2 aromatic carbocycles. The van der Waals surface area contributed by atoms with Crippen molar-refractivity contribution in [2.24, 2.45) is 0 Å². The molecule has 0 bridgehead atoms. The fraction of sp³-hybridized carbons (Fsp3) is 0.364. The molecule has 2 aromatic rings. The zero-order chi connectivity index (χ0) is 21.2. The summed E-state index contributed by atoms with van der Waals surface area (Å²) in [6, 6.07) is 14.4. The Bertz CT molecular complexity index is 839. The van der Waals surface area contributed by atoms with Crippen LogP contribution in [0.1, 0.15) is 5.56 Å². The second-order valence-corrected chi connectivity index (χ2v) is 8.00. The highest BCUT2D eigenvalue weighted by molar-refractivity contribution is 7.99. The highest BCUT2D eigenvalue weighted by Crippen LogP contribution is 2.18. The summed E-state index contributed by atoms with van der Waals surface area (Å²) in [7, 11) is 1.60. The first-order valence-electron chi connectivity index (χ1n) is 9.90. The standard InChI is InChI=1S/C22H27N3O4S/c1-28-19-3-2-4-20(16-19)29-12-9-23-22(27)24-18-7-5-17(6-8-18)15-21(26)25-10-13-30-14-11-25/h2-8,16H,9-15H2,1H3,(H2,23,24,27). The third kappa shape index (κ3) is 6.88. The van der Waals surface area contributed by atoms with Crippen molar-refractivity contribution < 1.29 is 19.1 Å². The summed E-state index contributed by atoms with van der Waals surface area (Å²) in [6.07, 6.45) is 0.388. The Balaban J connectivity index is 1.37. The number of nitrogens with zero attached hydrogens (tertiary/aromatic N) is 1. The monoisotopic (exact) mass is 429 g/mol. The molecule has 8 heteroatoms. The van der Waals surface area contributed by atoms with E-state index in [-0.39, 0.29) is 11.9 Å². The lowest BCUT2D eigenvalue weighted by atomic mass is 10.1. The van der Waals surface area contributed by atoms with Gasteiger partial charge in [-0.15, -0.1) is 0 Å². The van der Waals surface area contributed by atoms with Crippen LogP contribution in [0.25, 0.3) is 0 Å². The molecule has 3 rings (SSSR count). The van der Waals surface area contributed by atoms with Gasteiger partial charge in [-0.3, -0.25) is 4.79 Å². The quantitative estimate of drug-likeness (QED) is 0.631. The predicted molar refractivity (Wildman–Crippen MR) is 120 cm³/mol. The van der Waals surface area contributed by atoms with E-state index in [2.05, 4.69) is 10.6 Å². The molecule has 0 radical (unpaired) electrons. The number of hydrogen-bond donors (Lipinski definition) is 2. The minimum atomic E-state index is -0.307. The molecule has 0 aliphatic carbocycles.